The maximum Gasteiger partial charge on any atom is 0.119 e. The molecule has 2 saturated carbocycles. The first kappa shape index (κ1) is 13.9. The Labute approximate surface area is 121 Å². The second-order valence-electron chi connectivity index (χ2n) is 6.39. The highest BCUT2D eigenvalue weighted by Crippen LogP contribution is 2.33. The van der Waals surface area contributed by atoms with Gasteiger partial charge in [-0.25, -0.2) is 0 Å². The van der Waals surface area contributed by atoms with Gasteiger partial charge in [-0.2, -0.15) is 0 Å². The van der Waals surface area contributed by atoms with E-state index in [2.05, 4.69) is 5.32 Å². The molecule has 0 saturated heterocycles. The summed E-state index contributed by atoms with van der Waals surface area (Å²) in [5.41, 5.74) is 6.19. The summed E-state index contributed by atoms with van der Waals surface area (Å²) in [6, 6.07) is 10.8. The number of nitrogens with one attached hydrogen (secondary N) is 1. The van der Waals surface area contributed by atoms with Gasteiger partial charge in [0.1, 0.15) is 5.75 Å². The molecule has 0 heterocycles. The van der Waals surface area contributed by atoms with Gasteiger partial charge in [-0.1, -0.05) is 18.2 Å². The summed E-state index contributed by atoms with van der Waals surface area (Å²) >= 11 is 0. The van der Waals surface area contributed by atoms with Gasteiger partial charge in [0.25, 0.3) is 0 Å². The Bertz CT molecular complexity index is 403. The molecule has 0 amide bonds. The fourth-order valence-corrected chi connectivity index (χ4v) is 3.46. The third-order valence-corrected chi connectivity index (χ3v) is 4.93. The lowest BCUT2D eigenvalue weighted by atomic mass is 9.75. The monoisotopic (exact) mass is 274 g/mol. The van der Waals surface area contributed by atoms with Crippen LogP contribution in [-0.4, -0.2) is 24.2 Å². The number of hydrogen-bond acceptors (Lipinski definition) is 3. The first-order valence-electron chi connectivity index (χ1n) is 7.99. The molecular weight excluding hydrogens is 248 g/mol. The van der Waals surface area contributed by atoms with Gasteiger partial charge < -0.3 is 15.8 Å². The van der Waals surface area contributed by atoms with Crippen molar-refractivity contribution in [2.45, 2.75) is 62.6 Å². The van der Waals surface area contributed by atoms with Crippen molar-refractivity contribution in [2.24, 2.45) is 5.73 Å². The van der Waals surface area contributed by atoms with Crippen molar-refractivity contribution >= 4 is 0 Å². The lowest BCUT2D eigenvalue weighted by molar-refractivity contribution is 0.107. The highest BCUT2D eigenvalue weighted by atomic mass is 16.5. The molecule has 20 heavy (non-hydrogen) atoms. The highest BCUT2D eigenvalue weighted by Gasteiger charge is 2.37. The molecule has 110 valence electrons. The van der Waals surface area contributed by atoms with Gasteiger partial charge >= 0.3 is 0 Å². The summed E-state index contributed by atoms with van der Waals surface area (Å²) < 4.78 is 6.05. The van der Waals surface area contributed by atoms with Crippen LogP contribution in [0.25, 0.3) is 0 Å². The zero-order chi connectivity index (χ0) is 13.8. The number of para-hydroxylation sites is 1. The zero-order valence-corrected chi connectivity index (χ0v) is 12.2. The Balaban J connectivity index is 1.45. The van der Waals surface area contributed by atoms with Gasteiger partial charge in [-0.15, -0.1) is 0 Å². The van der Waals surface area contributed by atoms with Gasteiger partial charge in [-0.3, -0.25) is 0 Å². The lowest BCUT2D eigenvalue weighted by Crippen LogP contribution is -2.60. The molecule has 3 heteroatoms. The van der Waals surface area contributed by atoms with Crippen LogP contribution in [0.3, 0.4) is 0 Å². The van der Waals surface area contributed by atoms with Crippen LogP contribution in [0, 0.1) is 0 Å². The van der Waals surface area contributed by atoms with Crippen LogP contribution in [0.4, 0.5) is 0 Å². The lowest BCUT2D eigenvalue weighted by Gasteiger charge is -2.46. The topological polar surface area (TPSA) is 47.3 Å². The Hall–Kier alpha value is -1.06. The first-order valence-corrected chi connectivity index (χ1v) is 7.99. The highest BCUT2D eigenvalue weighted by molar-refractivity contribution is 5.21. The summed E-state index contributed by atoms with van der Waals surface area (Å²) in [6.45, 7) is 0.785. The maximum absolute atomic E-state index is 6.05. The fraction of sp³-hybridized carbons (Fsp3) is 0.647. The molecule has 0 bridgehead atoms. The van der Waals surface area contributed by atoms with Crippen molar-refractivity contribution < 1.29 is 4.74 Å². The molecule has 2 aliphatic rings. The molecule has 0 radical (unpaired) electrons. The average molecular weight is 274 g/mol. The summed E-state index contributed by atoms with van der Waals surface area (Å²) in [4.78, 5) is 0. The predicted octanol–water partition coefficient (Wildman–Crippen LogP) is 2.85. The molecule has 0 unspecified atom stereocenters. The summed E-state index contributed by atoms with van der Waals surface area (Å²) in [7, 11) is 0. The Morgan fingerprint density at radius 2 is 1.80 bits per heavy atom. The molecule has 2 aliphatic carbocycles. The Morgan fingerprint density at radius 3 is 2.35 bits per heavy atom. The second-order valence-corrected chi connectivity index (χ2v) is 6.39. The van der Waals surface area contributed by atoms with E-state index in [1.165, 1.54) is 32.1 Å². The third kappa shape index (κ3) is 3.15. The predicted molar refractivity (Wildman–Crippen MR) is 81.9 cm³/mol. The molecule has 0 aliphatic heterocycles. The van der Waals surface area contributed by atoms with Crippen LogP contribution in [0.15, 0.2) is 30.3 Å². The van der Waals surface area contributed by atoms with Crippen molar-refractivity contribution in [3.63, 3.8) is 0 Å². The third-order valence-electron chi connectivity index (χ3n) is 4.93. The summed E-state index contributed by atoms with van der Waals surface area (Å²) in [5.74, 6) is 1.00. The van der Waals surface area contributed by atoms with E-state index in [1.807, 2.05) is 30.3 Å². The molecule has 0 spiro atoms. The van der Waals surface area contributed by atoms with Crippen molar-refractivity contribution in [2.75, 3.05) is 6.54 Å². The summed E-state index contributed by atoms with van der Waals surface area (Å²) in [5, 5.41) is 3.82. The second kappa shape index (κ2) is 6.15. The fourth-order valence-electron chi connectivity index (χ4n) is 3.46. The van der Waals surface area contributed by atoms with Crippen LogP contribution < -0.4 is 15.8 Å². The van der Waals surface area contributed by atoms with E-state index >= 15 is 0 Å². The van der Waals surface area contributed by atoms with Crippen molar-refractivity contribution in [1.82, 2.24) is 5.32 Å². The van der Waals surface area contributed by atoms with Crippen molar-refractivity contribution in [1.29, 1.82) is 0 Å². The van der Waals surface area contributed by atoms with Crippen molar-refractivity contribution in [3.8, 4) is 5.75 Å². The van der Waals surface area contributed by atoms with E-state index in [9.17, 15) is 0 Å². The molecule has 1 aromatic rings. The molecule has 1 aromatic carbocycles. The Kier molecular flexibility index (Phi) is 4.27. The molecule has 3 N–H and O–H groups in total. The number of ether oxygens (including phenoxy) is 1. The smallest absolute Gasteiger partial charge is 0.119 e. The number of hydrogen-bond donors (Lipinski definition) is 2. The molecule has 3 nitrogen and oxygen atoms in total. The van der Waals surface area contributed by atoms with E-state index in [4.69, 9.17) is 10.5 Å². The normalized spacial score (nSPS) is 28.6. The van der Waals surface area contributed by atoms with Gasteiger partial charge in [0.05, 0.1) is 6.10 Å². The quantitative estimate of drug-likeness (QED) is 0.868. The van der Waals surface area contributed by atoms with E-state index in [-0.39, 0.29) is 5.54 Å². The van der Waals surface area contributed by atoms with Crippen molar-refractivity contribution in [3.05, 3.63) is 30.3 Å². The minimum Gasteiger partial charge on any atom is -0.490 e. The minimum atomic E-state index is 0.262. The SMILES string of the molecule is NCC1(NC2CCC(Oc3ccccc3)CC2)CCC1. The van der Waals surface area contributed by atoms with Crippen LogP contribution >= 0.6 is 0 Å². The average Bonchev–Trinajstić information content (AvgIpc) is 2.46. The summed E-state index contributed by atoms with van der Waals surface area (Å²) in [6.07, 6.45) is 8.93. The number of benzene rings is 1. The molecular formula is C17H26N2O. The Morgan fingerprint density at radius 1 is 1.10 bits per heavy atom. The molecule has 2 fully saturated rings. The molecule has 0 atom stereocenters. The van der Waals surface area contributed by atoms with Gasteiger partial charge in [0.2, 0.25) is 0 Å². The van der Waals surface area contributed by atoms with Crippen LogP contribution in [0.2, 0.25) is 0 Å². The zero-order valence-electron chi connectivity index (χ0n) is 12.2. The van der Waals surface area contributed by atoms with E-state index < -0.39 is 0 Å². The molecule has 0 aromatic heterocycles. The van der Waals surface area contributed by atoms with Crippen LogP contribution in [0.5, 0.6) is 5.75 Å². The van der Waals surface area contributed by atoms with Gasteiger partial charge in [0.15, 0.2) is 0 Å². The van der Waals surface area contributed by atoms with E-state index in [0.29, 0.717) is 12.1 Å². The maximum atomic E-state index is 6.05. The number of nitrogens with two attached hydrogens (primary N) is 1. The van der Waals surface area contributed by atoms with Crippen LogP contribution in [-0.2, 0) is 0 Å². The van der Waals surface area contributed by atoms with Gasteiger partial charge in [0, 0.05) is 18.1 Å². The largest absolute Gasteiger partial charge is 0.490 e. The van der Waals surface area contributed by atoms with Gasteiger partial charge in [-0.05, 0) is 57.1 Å². The minimum absolute atomic E-state index is 0.262. The first-order chi connectivity index (χ1) is 9.80. The van der Waals surface area contributed by atoms with Crippen LogP contribution in [0.1, 0.15) is 44.9 Å². The number of rotatable bonds is 5. The molecule has 3 rings (SSSR count). The standard InChI is InChI=1S/C17H26N2O/c18-13-17(11-4-12-17)19-14-7-9-16(10-8-14)20-15-5-2-1-3-6-15/h1-3,5-6,14,16,19H,4,7-13,18H2. The van der Waals surface area contributed by atoms with E-state index in [1.54, 1.807) is 0 Å². The van der Waals surface area contributed by atoms with E-state index in [0.717, 1.165) is 25.1 Å².